The summed E-state index contributed by atoms with van der Waals surface area (Å²) in [5.74, 6) is 0.607. The highest BCUT2D eigenvalue weighted by molar-refractivity contribution is 6.04. The predicted octanol–water partition coefficient (Wildman–Crippen LogP) is 2.90. The number of aryl methyl sites for hydroxylation is 2. The molecule has 0 unspecified atom stereocenters. The summed E-state index contributed by atoms with van der Waals surface area (Å²) in [5, 5.41) is 8.90. The Morgan fingerprint density at radius 3 is 2.62 bits per heavy atom. The molecule has 29 heavy (non-hydrogen) atoms. The third kappa shape index (κ3) is 4.16. The maximum Gasteiger partial charge on any atom is 0.274 e. The Balaban J connectivity index is 1.41. The Morgan fingerprint density at radius 2 is 1.86 bits per heavy atom. The molecule has 1 amide bonds. The Hall–Kier alpha value is -3.94. The predicted molar refractivity (Wildman–Crippen MR) is 111 cm³/mol. The van der Waals surface area contributed by atoms with Crippen LogP contribution in [0.3, 0.4) is 0 Å². The van der Waals surface area contributed by atoms with Crippen LogP contribution < -0.4 is 16.2 Å². The number of hydrogen-bond donors (Lipinski definition) is 3. The van der Waals surface area contributed by atoms with E-state index in [4.69, 9.17) is 0 Å². The van der Waals surface area contributed by atoms with Crippen molar-refractivity contribution in [1.82, 2.24) is 19.6 Å². The number of aromatic nitrogens is 4. The van der Waals surface area contributed by atoms with Gasteiger partial charge in [-0.3, -0.25) is 14.7 Å². The minimum atomic E-state index is -0.211. The number of anilines is 2. The Morgan fingerprint density at radius 1 is 1.07 bits per heavy atom. The van der Waals surface area contributed by atoms with Gasteiger partial charge in [0.05, 0.1) is 0 Å². The molecule has 4 rings (SSSR count). The highest BCUT2D eigenvalue weighted by Gasteiger charge is 2.08. The summed E-state index contributed by atoms with van der Waals surface area (Å²) in [6, 6.07) is 16.4. The van der Waals surface area contributed by atoms with E-state index in [1.54, 1.807) is 19.1 Å². The fourth-order valence-corrected chi connectivity index (χ4v) is 2.96. The molecule has 0 saturated carbocycles. The number of H-pyrrole nitrogens is 1. The van der Waals surface area contributed by atoms with Crippen molar-refractivity contribution >= 4 is 23.3 Å². The quantitative estimate of drug-likeness (QED) is 0.488. The van der Waals surface area contributed by atoms with Gasteiger partial charge in [0.1, 0.15) is 0 Å². The molecule has 2 heterocycles. The number of benzene rings is 2. The molecule has 0 aliphatic heterocycles. The molecule has 3 N–H and O–H groups in total. The second-order valence-corrected chi connectivity index (χ2v) is 6.82. The van der Waals surface area contributed by atoms with Gasteiger partial charge in [-0.1, -0.05) is 24.3 Å². The lowest BCUT2D eigenvalue weighted by Gasteiger charge is -2.07. The molecule has 0 spiro atoms. The molecular weight excluding hydrogens is 368 g/mol. The van der Waals surface area contributed by atoms with Crippen molar-refractivity contribution in [3.63, 3.8) is 0 Å². The maximum absolute atomic E-state index is 12.4. The van der Waals surface area contributed by atoms with Crippen LogP contribution in [0.25, 0.3) is 5.78 Å². The zero-order chi connectivity index (χ0) is 20.4. The van der Waals surface area contributed by atoms with Crippen LogP contribution in [0.1, 0.15) is 27.2 Å². The second-order valence-electron chi connectivity index (χ2n) is 6.82. The van der Waals surface area contributed by atoms with Crippen LogP contribution in [0.5, 0.6) is 0 Å². The van der Waals surface area contributed by atoms with Crippen molar-refractivity contribution in [3.05, 3.63) is 87.3 Å². The van der Waals surface area contributed by atoms with E-state index in [1.807, 2.05) is 43.3 Å². The molecule has 0 aliphatic carbocycles. The van der Waals surface area contributed by atoms with Crippen molar-refractivity contribution in [3.8, 4) is 0 Å². The zero-order valence-corrected chi connectivity index (χ0v) is 16.1. The van der Waals surface area contributed by atoms with Gasteiger partial charge in [0.25, 0.3) is 17.2 Å². The molecule has 0 atom stereocenters. The summed E-state index contributed by atoms with van der Waals surface area (Å²) < 4.78 is 1.29. The first-order chi connectivity index (χ1) is 14.0. The van der Waals surface area contributed by atoms with Crippen LogP contribution in [0.15, 0.2) is 59.4 Å². The van der Waals surface area contributed by atoms with Crippen molar-refractivity contribution in [1.29, 1.82) is 0 Å². The third-order valence-electron chi connectivity index (χ3n) is 4.41. The maximum atomic E-state index is 12.4. The van der Waals surface area contributed by atoms with Crippen LogP contribution in [0, 0.1) is 13.8 Å². The van der Waals surface area contributed by atoms with Gasteiger partial charge < -0.3 is 10.6 Å². The van der Waals surface area contributed by atoms with Crippen LogP contribution in [0.4, 0.5) is 11.6 Å². The molecule has 0 fully saturated rings. The Labute approximate surface area is 166 Å². The van der Waals surface area contributed by atoms with Gasteiger partial charge in [-0.25, -0.2) is 4.98 Å². The summed E-state index contributed by atoms with van der Waals surface area (Å²) in [4.78, 5) is 32.8. The number of amides is 1. The van der Waals surface area contributed by atoms with E-state index in [0.717, 1.165) is 16.8 Å². The van der Waals surface area contributed by atoms with E-state index in [0.29, 0.717) is 29.5 Å². The Kier molecular flexibility index (Phi) is 4.82. The molecule has 2 aromatic carbocycles. The average molecular weight is 388 g/mol. The monoisotopic (exact) mass is 388 g/mol. The van der Waals surface area contributed by atoms with Crippen LogP contribution in [-0.2, 0) is 6.54 Å². The lowest BCUT2D eigenvalue weighted by atomic mass is 10.1. The molecule has 0 saturated heterocycles. The number of nitrogens with one attached hydrogen (secondary N) is 3. The standard InChI is InChI=1S/C21H20N6O2/c1-13-4-3-5-17(10-13)24-19(29)16-8-6-15(7-9-16)12-22-20-25-21-23-14(2)11-18(28)27(21)26-20/h3-11H,12H2,1-2H3,(H,24,29)(H2,22,23,25,26). The van der Waals surface area contributed by atoms with Crippen LogP contribution >= 0.6 is 0 Å². The van der Waals surface area contributed by atoms with Gasteiger partial charge in [-0.05, 0) is 49.2 Å². The normalized spacial score (nSPS) is 10.8. The summed E-state index contributed by atoms with van der Waals surface area (Å²) in [7, 11) is 0. The number of carbonyl (C=O) groups excluding carboxylic acids is 1. The summed E-state index contributed by atoms with van der Waals surface area (Å²) >= 11 is 0. The highest BCUT2D eigenvalue weighted by atomic mass is 16.1. The lowest BCUT2D eigenvalue weighted by Crippen LogP contribution is -2.14. The minimum Gasteiger partial charge on any atom is -0.351 e. The number of fused-ring (bicyclic) bond motifs is 1. The van der Waals surface area contributed by atoms with Crippen LogP contribution in [0.2, 0.25) is 0 Å². The zero-order valence-electron chi connectivity index (χ0n) is 16.1. The second kappa shape index (κ2) is 7.59. The number of nitrogens with zero attached hydrogens (tertiary/aromatic N) is 3. The molecule has 8 heteroatoms. The summed E-state index contributed by atoms with van der Waals surface area (Å²) in [6.07, 6.45) is 0. The summed E-state index contributed by atoms with van der Waals surface area (Å²) in [6.45, 7) is 4.21. The molecule has 0 bridgehead atoms. The first-order valence-corrected chi connectivity index (χ1v) is 9.15. The van der Waals surface area contributed by atoms with Crippen molar-refractivity contribution < 1.29 is 4.79 Å². The van der Waals surface area contributed by atoms with E-state index < -0.39 is 0 Å². The molecule has 4 aromatic rings. The third-order valence-corrected chi connectivity index (χ3v) is 4.41. The van der Waals surface area contributed by atoms with Gasteiger partial charge in [-0.2, -0.15) is 9.50 Å². The van der Waals surface area contributed by atoms with Crippen molar-refractivity contribution in [2.24, 2.45) is 0 Å². The van der Waals surface area contributed by atoms with E-state index in [-0.39, 0.29) is 11.5 Å². The van der Waals surface area contributed by atoms with E-state index >= 15 is 0 Å². The average Bonchev–Trinajstić information content (AvgIpc) is 3.10. The lowest BCUT2D eigenvalue weighted by molar-refractivity contribution is 0.102. The fourth-order valence-electron chi connectivity index (χ4n) is 2.96. The van der Waals surface area contributed by atoms with Gasteiger partial charge >= 0.3 is 0 Å². The van der Waals surface area contributed by atoms with E-state index in [9.17, 15) is 9.59 Å². The SMILES string of the molecule is Cc1cccc(NC(=O)c2ccc(CNc3nc4nc(C)cc(=O)n4[nH]3)cc2)c1. The van der Waals surface area contributed by atoms with Gasteiger partial charge in [0, 0.05) is 29.6 Å². The number of rotatable bonds is 5. The first kappa shape index (κ1) is 18.4. The highest BCUT2D eigenvalue weighted by Crippen LogP contribution is 2.13. The first-order valence-electron chi connectivity index (χ1n) is 9.15. The van der Waals surface area contributed by atoms with Gasteiger partial charge in [0.2, 0.25) is 5.95 Å². The molecule has 146 valence electrons. The van der Waals surface area contributed by atoms with E-state index in [2.05, 4.69) is 25.7 Å². The van der Waals surface area contributed by atoms with E-state index in [1.165, 1.54) is 10.6 Å². The van der Waals surface area contributed by atoms with Crippen molar-refractivity contribution in [2.75, 3.05) is 10.6 Å². The minimum absolute atomic E-state index is 0.159. The van der Waals surface area contributed by atoms with Gasteiger partial charge in [0.15, 0.2) is 0 Å². The molecule has 0 radical (unpaired) electrons. The molecular formula is C21H20N6O2. The topological polar surface area (TPSA) is 104 Å². The number of hydrogen-bond acceptors (Lipinski definition) is 5. The number of aromatic amines is 1. The van der Waals surface area contributed by atoms with Gasteiger partial charge in [-0.15, -0.1) is 0 Å². The fraction of sp³-hybridized carbons (Fsp3) is 0.143. The van der Waals surface area contributed by atoms with Crippen LogP contribution in [-0.4, -0.2) is 25.5 Å². The van der Waals surface area contributed by atoms with Crippen molar-refractivity contribution in [2.45, 2.75) is 20.4 Å². The molecule has 0 aliphatic rings. The smallest absolute Gasteiger partial charge is 0.274 e. The number of carbonyl (C=O) groups is 1. The molecule has 8 nitrogen and oxygen atoms in total. The summed E-state index contributed by atoms with van der Waals surface area (Å²) in [5.41, 5.74) is 3.80. The Bertz CT molecular complexity index is 1240. The largest absolute Gasteiger partial charge is 0.351 e. The molecule has 2 aromatic heterocycles.